The largest absolute Gasteiger partial charge is 0.497 e. The van der Waals surface area contributed by atoms with Gasteiger partial charge in [0.2, 0.25) is 0 Å². The minimum Gasteiger partial charge on any atom is -0.497 e. The molecule has 0 aliphatic heterocycles. The highest BCUT2D eigenvalue weighted by Gasteiger charge is 2.03. The SMILES string of the molecule is C=C(OC)c1ccccc1CCC. The number of ether oxygens (including phenoxy) is 1. The molecule has 0 amide bonds. The Balaban J connectivity index is 2.97. The van der Waals surface area contributed by atoms with Crippen molar-refractivity contribution in [3.63, 3.8) is 0 Å². The summed E-state index contributed by atoms with van der Waals surface area (Å²) in [6.45, 7) is 6.04. The average Bonchev–Trinajstić information content (AvgIpc) is 2.18. The van der Waals surface area contributed by atoms with E-state index in [1.165, 1.54) is 5.56 Å². The molecular formula is C12H16O. The first-order chi connectivity index (χ1) is 6.29. The number of aryl methyl sites for hydroxylation is 1. The Hall–Kier alpha value is -1.24. The van der Waals surface area contributed by atoms with Gasteiger partial charge in [-0.3, -0.25) is 0 Å². The minimum absolute atomic E-state index is 0.754. The highest BCUT2D eigenvalue weighted by atomic mass is 16.5. The van der Waals surface area contributed by atoms with E-state index in [9.17, 15) is 0 Å². The standard InChI is InChI=1S/C12H16O/c1-4-7-11-8-5-6-9-12(11)10(2)13-3/h5-6,8-9H,2,4,7H2,1,3H3. The molecule has 0 unspecified atom stereocenters. The lowest BCUT2D eigenvalue weighted by Crippen LogP contribution is -1.93. The summed E-state index contributed by atoms with van der Waals surface area (Å²) in [5.74, 6) is 0.754. The summed E-state index contributed by atoms with van der Waals surface area (Å²) in [5, 5.41) is 0. The summed E-state index contributed by atoms with van der Waals surface area (Å²) >= 11 is 0. The van der Waals surface area contributed by atoms with E-state index >= 15 is 0 Å². The highest BCUT2D eigenvalue weighted by Crippen LogP contribution is 2.19. The smallest absolute Gasteiger partial charge is 0.119 e. The Morgan fingerprint density at radius 2 is 2.08 bits per heavy atom. The second-order valence-electron chi connectivity index (χ2n) is 3.03. The van der Waals surface area contributed by atoms with Crippen molar-refractivity contribution in [1.29, 1.82) is 0 Å². The Bertz CT molecular complexity index is 289. The van der Waals surface area contributed by atoms with Crippen LogP contribution in [0.4, 0.5) is 0 Å². The molecule has 0 saturated heterocycles. The monoisotopic (exact) mass is 176 g/mol. The lowest BCUT2D eigenvalue weighted by molar-refractivity contribution is 0.371. The Morgan fingerprint density at radius 1 is 1.38 bits per heavy atom. The molecule has 0 radical (unpaired) electrons. The van der Waals surface area contributed by atoms with Gasteiger partial charge in [0.05, 0.1) is 7.11 Å². The Morgan fingerprint density at radius 3 is 2.69 bits per heavy atom. The fourth-order valence-corrected chi connectivity index (χ4v) is 1.39. The molecule has 1 nitrogen and oxygen atoms in total. The van der Waals surface area contributed by atoms with E-state index in [0.717, 1.165) is 24.2 Å². The molecule has 0 heterocycles. The Labute approximate surface area is 80.0 Å². The van der Waals surface area contributed by atoms with E-state index < -0.39 is 0 Å². The molecule has 0 saturated carbocycles. The van der Waals surface area contributed by atoms with E-state index in [-0.39, 0.29) is 0 Å². The second-order valence-corrected chi connectivity index (χ2v) is 3.03. The van der Waals surface area contributed by atoms with Crippen molar-refractivity contribution in [2.45, 2.75) is 19.8 Å². The summed E-state index contributed by atoms with van der Waals surface area (Å²) in [6.07, 6.45) is 2.23. The summed E-state index contributed by atoms with van der Waals surface area (Å²) in [5.41, 5.74) is 2.45. The van der Waals surface area contributed by atoms with Crippen LogP contribution >= 0.6 is 0 Å². The predicted molar refractivity (Wildman–Crippen MR) is 56.5 cm³/mol. The molecule has 0 fully saturated rings. The topological polar surface area (TPSA) is 9.23 Å². The fraction of sp³-hybridized carbons (Fsp3) is 0.333. The Kier molecular flexibility index (Phi) is 3.56. The van der Waals surface area contributed by atoms with Gasteiger partial charge in [-0.2, -0.15) is 0 Å². The summed E-state index contributed by atoms with van der Waals surface area (Å²) in [7, 11) is 1.66. The lowest BCUT2D eigenvalue weighted by Gasteiger charge is -2.09. The molecule has 1 rings (SSSR count). The van der Waals surface area contributed by atoms with Crippen LogP contribution in [0.1, 0.15) is 24.5 Å². The van der Waals surface area contributed by atoms with Gasteiger partial charge < -0.3 is 4.74 Å². The normalized spacial score (nSPS) is 9.69. The molecule has 0 N–H and O–H groups in total. The molecule has 0 atom stereocenters. The maximum absolute atomic E-state index is 5.13. The number of rotatable bonds is 4. The maximum atomic E-state index is 5.13. The molecule has 1 aromatic rings. The molecule has 1 aromatic carbocycles. The van der Waals surface area contributed by atoms with E-state index in [0.29, 0.717) is 0 Å². The van der Waals surface area contributed by atoms with Crippen LogP contribution in [0.25, 0.3) is 5.76 Å². The third kappa shape index (κ3) is 2.35. The predicted octanol–water partition coefficient (Wildman–Crippen LogP) is 3.26. The third-order valence-corrected chi connectivity index (χ3v) is 2.08. The zero-order chi connectivity index (χ0) is 9.68. The van der Waals surface area contributed by atoms with Crippen molar-refractivity contribution < 1.29 is 4.74 Å². The fourth-order valence-electron chi connectivity index (χ4n) is 1.39. The van der Waals surface area contributed by atoms with E-state index in [1.54, 1.807) is 7.11 Å². The van der Waals surface area contributed by atoms with Gasteiger partial charge in [0, 0.05) is 5.56 Å². The van der Waals surface area contributed by atoms with Gasteiger partial charge >= 0.3 is 0 Å². The van der Waals surface area contributed by atoms with Crippen molar-refractivity contribution in [2.75, 3.05) is 7.11 Å². The molecule has 70 valence electrons. The first-order valence-electron chi connectivity index (χ1n) is 4.60. The number of hydrogen-bond donors (Lipinski definition) is 0. The van der Waals surface area contributed by atoms with E-state index in [2.05, 4.69) is 31.7 Å². The zero-order valence-electron chi connectivity index (χ0n) is 8.34. The molecule has 0 aromatic heterocycles. The van der Waals surface area contributed by atoms with Crippen LogP contribution < -0.4 is 0 Å². The highest BCUT2D eigenvalue weighted by molar-refractivity contribution is 5.60. The number of benzene rings is 1. The van der Waals surface area contributed by atoms with Gasteiger partial charge in [0.15, 0.2) is 0 Å². The molecule has 0 bridgehead atoms. The van der Waals surface area contributed by atoms with Gasteiger partial charge in [-0.15, -0.1) is 0 Å². The van der Waals surface area contributed by atoms with Crippen LogP contribution in [-0.4, -0.2) is 7.11 Å². The number of hydrogen-bond acceptors (Lipinski definition) is 1. The molecule has 0 aliphatic carbocycles. The van der Waals surface area contributed by atoms with E-state index in [4.69, 9.17) is 4.74 Å². The van der Waals surface area contributed by atoms with Crippen molar-refractivity contribution in [3.05, 3.63) is 42.0 Å². The first kappa shape index (κ1) is 9.85. The summed E-state index contributed by atoms with van der Waals surface area (Å²) in [6, 6.07) is 8.25. The van der Waals surface area contributed by atoms with Crippen LogP contribution in [0.15, 0.2) is 30.8 Å². The van der Waals surface area contributed by atoms with Crippen molar-refractivity contribution in [3.8, 4) is 0 Å². The van der Waals surface area contributed by atoms with Crippen molar-refractivity contribution in [1.82, 2.24) is 0 Å². The van der Waals surface area contributed by atoms with Crippen LogP contribution in [0.3, 0.4) is 0 Å². The van der Waals surface area contributed by atoms with Crippen LogP contribution in [0.5, 0.6) is 0 Å². The quantitative estimate of drug-likeness (QED) is 0.640. The molecule has 0 aliphatic rings. The maximum Gasteiger partial charge on any atom is 0.119 e. The molecule has 1 heteroatoms. The van der Waals surface area contributed by atoms with Crippen LogP contribution in [-0.2, 0) is 11.2 Å². The second kappa shape index (κ2) is 4.70. The van der Waals surface area contributed by atoms with Gasteiger partial charge in [-0.05, 0) is 12.0 Å². The number of methoxy groups -OCH3 is 1. The zero-order valence-corrected chi connectivity index (χ0v) is 8.34. The van der Waals surface area contributed by atoms with Gasteiger partial charge in [0.1, 0.15) is 5.76 Å². The van der Waals surface area contributed by atoms with Crippen molar-refractivity contribution >= 4 is 5.76 Å². The average molecular weight is 176 g/mol. The molecular weight excluding hydrogens is 160 g/mol. The van der Waals surface area contributed by atoms with E-state index in [1.807, 2.05) is 6.07 Å². The van der Waals surface area contributed by atoms with Gasteiger partial charge in [-0.25, -0.2) is 0 Å². The molecule has 0 spiro atoms. The molecule has 13 heavy (non-hydrogen) atoms. The first-order valence-corrected chi connectivity index (χ1v) is 4.60. The van der Waals surface area contributed by atoms with Gasteiger partial charge in [0.25, 0.3) is 0 Å². The summed E-state index contributed by atoms with van der Waals surface area (Å²) in [4.78, 5) is 0. The van der Waals surface area contributed by atoms with Crippen molar-refractivity contribution in [2.24, 2.45) is 0 Å². The third-order valence-electron chi connectivity index (χ3n) is 2.08. The minimum atomic E-state index is 0.754. The summed E-state index contributed by atoms with van der Waals surface area (Å²) < 4.78 is 5.13. The lowest BCUT2D eigenvalue weighted by atomic mass is 10.0. The van der Waals surface area contributed by atoms with Gasteiger partial charge in [-0.1, -0.05) is 44.2 Å². The van der Waals surface area contributed by atoms with Crippen LogP contribution in [0, 0.1) is 0 Å². The van der Waals surface area contributed by atoms with Crippen LogP contribution in [0.2, 0.25) is 0 Å².